The fourth-order valence-electron chi connectivity index (χ4n) is 3.79. The van der Waals surface area contributed by atoms with Crippen LogP contribution in [0.3, 0.4) is 0 Å². The normalized spacial score (nSPS) is 14.7. The van der Waals surface area contributed by atoms with E-state index in [1.165, 1.54) is 32.8 Å². The lowest BCUT2D eigenvalue weighted by molar-refractivity contribution is -0.122. The van der Waals surface area contributed by atoms with Crippen molar-refractivity contribution in [2.45, 2.75) is 23.4 Å². The molecule has 1 fully saturated rings. The SMILES string of the molecule is COc1ccc(CN2C(=O)C(=Cc3c(Sc4ccc(Cl)cc4)nc4c(C)cccn4c3=O)SC2=S)cc1. The van der Waals surface area contributed by atoms with Crippen LogP contribution in [0, 0.1) is 6.92 Å². The van der Waals surface area contributed by atoms with Crippen molar-refractivity contribution < 1.29 is 9.53 Å². The van der Waals surface area contributed by atoms with Gasteiger partial charge in [0.05, 0.1) is 24.1 Å². The Bertz CT molecular complexity index is 1620. The second-order valence-electron chi connectivity index (χ2n) is 8.19. The summed E-state index contributed by atoms with van der Waals surface area (Å²) in [6.07, 6.45) is 3.29. The molecule has 2 aromatic heterocycles. The minimum absolute atomic E-state index is 0.248. The molecule has 0 N–H and O–H groups in total. The Morgan fingerprint density at radius 2 is 1.84 bits per heavy atom. The van der Waals surface area contributed by atoms with Crippen LogP contribution in [-0.2, 0) is 11.3 Å². The predicted molar refractivity (Wildman–Crippen MR) is 153 cm³/mol. The number of nitrogens with zero attached hydrogens (tertiary/aromatic N) is 3. The van der Waals surface area contributed by atoms with Gasteiger partial charge >= 0.3 is 0 Å². The Morgan fingerprint density at radius 3 is 2.54 bits per heavy atom. The number of thiocarbonyl (C=S) groups is 1. The average Bonchev–Trinajstić information content (AvgIpc) is 3.16. The van der Waals surface area contributed by atoms with Crippen LogP contribution < -0.4 is 10.3 Å². The van der Waals surface area contributed by atoms with E-state index < -0.39 is 0 Å². The molecule has 0 unspecified atom stereocenters. The third-order valence-electron chi connectivity index (χ3n) is 5.73. The van der Waals surface area contributed by atoms with Gasteiger partial charge in [-0.1, -0.05) is 65.5 Å². The minimum Gasteiger partial charge on any atom is -0.497 e. The van der Waals surface area contributed by atoms with Crippen molar-refractivity contribution in [3.8, 4) is 5.75 Å². The van der Waals surface area contributed by atoms with Gasteiger partial charge in [-0.25, -0.2) is 4.98 Å². The molecule has 2 aromatic carbocycles. The lowest BCUT2D eigenvalue weighted by Gasteiger charge is -2.14. The molecule has 0 spiro atoms. The van der Waals surface area contributed by atoms with E-state index in [-0.39, 0.29) is 11.5 Å². The quantitative estimate of drug-likeness (QED) is 0.156. The first-order valence-corrected chi connectivity index (χ1v) is 13.6. The highest BCUT2D eigenvalue weighted by Crippen LogP contribution is 2.36. The molecular formula is C27H20ClN3O3S3. The van der Waals surface area contributed by atoms with Gasteiger partial charge in [0.25, 0.3) is 11.5 Å². The Kier molecular flexibility index (Phi) is 7.39. The van der Waals surface area contributed by atoms with Crippen LogP contribution in [0.4, 0.5) is 0 Å². The zero-order valence-corrected chi connectivity index (χ0v) is 23.0. The fraction of sp³-hybridized carbons (Fsp3) is 0.111. The van der Waals surface area contributed by atoms with Crippen molar-refractivity contribution in [1.82, 2.24) is 14.3 Å². The van der Waals surface area contributed by atoms with E-state index in [1.807, 2.05) is 49.4 Å². The van der Waals surface area contributed by atoms with Gasteiger partial charge < -0.3 is 4.74 Å². The highest BCUT2D eigenvalue weighted by molar-refractivity contribution is 8.26. The molecule has 10 heteroatoms. The van der Waals surface area contributed by atoms with Crippen LogP contribution in [0.2, 0.25) is 5.02 Å². The van der Waals surface area contributed by atoms with E-state index >= 15 is 0 Å². The fourth-order valence-corrected chi connectivity index (χ4v) is 6.04. The Labute approximate surface area is 232 Å². The number of carbonyl (C=O) groups excluding carboxylic acids is 1. The van der Waals surface area contributed by atoms with E-state index in [1.54, 1.807) is 37.6 Å². The number of aryl methyl sites for hydroxylation is 1. The molecule has 0 radical (unpaired) electrons. The molecule has 4 aromatic rings. The zero-order chi connectivity index (χ0) is 26.1. The summed E-state index contributed by atoms with van der Waals surface area (Å²) in [5, 5.41) is 1.12. The molecule has 0 atom stereocenters. The molecular weight excluding hydrogens is 546 g/mol. The highest BCUT2D eigenvalue weighted by Gasteiger charge is 2.32. The summed E-state index contributed by atoms with van der Waals surface area (Å²) < 4.78 is 7.15. The summed E-state index contributed by atoms with van der Waals surface area (Å²) in [7, 11) is 1.60. The van der Waals surface area contributed by atoms with Gasteiger partial charge in [0, 0.05) is 16.1 Å². The Morgan fingerprint density at radius 1 is 1.11 bits per heavy atom. The number of fused-ring (bicyclic) bond motifs is 1. The third kappa shape index (κ3) is 5.31. The molecule has 37 heavy (non-hydrogen) atoms. The first kappa shape index (κ1) is 25.5. The number of amides is 1. The van der Waals surface area contributed by atoms with E-state index in [9.17, 15) is 9.59 Å². The van der Waals surface area contributed by atoms with Crippen LogP contribution in [-0.4, -0.2) is 31.6 Å². The monoisotopic (exact) mass is 565 g/mol. The maximum Gasteiger partial charge on any atom is 0.266 e. The molecule has 1 amide bonds. The summed E-state index contributed by atoms with van der Waals surface area (Å²) in [4.78, 5) is 34.6. The van der Waals surface area contributed by atoms with Gasteiger partial charge in [-0.3, -0.25) is 18.9 Å². The number of hydrogen-bond acceptors (Lipinski definition) is 7. The molecule has 5 rings (SSSR count). The minimum atomic E-state index is -0.259. The van der Waals surface area contributed by atoms with Gasteiger partial charge in [-0.2, -0.15) is 0 Å². The molecule has 1 saturated heterocycles. The highest BCUT2D eigenvalue weighted by atomic mass is 35.5. The van der Waals surface area contributed by atoms with Crippen molar-refractivity contribution >= 4 is 69.3 Å². The predicted octanol–water partition coefficient (Wildman–Crippen LogP) is 6.22. The van der Waals surface area contributed by atoms with Gasteiger partial charge in [0.2, 0.25) is 0 Å². The van der Waals surface area contributed by atoms with Crippen molar-refractivity contribution in [3.63, 3.8) is 0 Å². The standard InChI is InChI=1S/C27H20ClN3O3S3/c1-16-4-3-13-30-23(16)29-24(36-20-11-7-18(28)8-12-20)21(25(30)32)14-22-26(33)31(27(35)37-22)15-17-5-9-19(34-2)10-6-17/h3-14H,15H2,1-2H3. The molecule has 6 nitrogen and oxygen atoms in total. The van der Waals surface area contributed by atoms with Crippen molar-refractivity contribution in [2.24, 2.45) is 0 Å². The Balaban J connectivity index is 1.54. The molecule has 0 aliphatic carbocycles. The number of halogens is 1. The number of rotatable bonds is 6. The molecule has 1 aliphatic heterocycles. The number of pyridine rings is 1. The number of methoxy groups -OCH3 is 1. The van der Waals surface area contributed by atoms with Gasteiger partial charge in [0.1, 0.15) is 20.7 Å². The smallest absolute Gasteiger partial charge is 0.266 e. The number of benzene rings is 2. The summed E-state index contributed by atoms with van der Waals surface area (Å²) >= 11 is 14.1. The van der Waals surface area contributed by atoms with Crippen molar-refractivity contribution in [3.05, 3.63) is 104 Å². The maximum atomic E-state index is 13.6. The summed E-state index contributed by atoms with van der Waals surface area (Å²) in [6, 6.07) is 18.5. The number of carbonyl (C=O) groups is 1. The number of ether oxygens (including phenoxy) is 1. The average molecular weight is 566 g/mol. The van der Waals surface area contributed by atoms with Crippen molar-refractivity contribution in [2.75, 3.05) is 7.11 Å². The van der Waals surface area contributed by atoms with Crippen molar-refractivity contribution in [1.29, 1.82) is 0 Å². The van der Waals surface area contributed by atoms with E-state index in [0.29, 0.717) is 37.0 Å². The second kappa shape index (κ2) is 10.7. The summed E-state index contributed by atoms with van der Waals surface area (Å²) in [6.45, 7) is 2.23. The van der Waals surface area contributed by atoms with Crippen LogP contribution in [0.25, 0.3) is 11.7 Å². The number of aromatic nitrogens is 2. The van der Waals surface area contributed by atoms with E-state index in [4.69, 9.17) is 33.5 Å². The lowest BCUT2D eigenvalue weighted by Crippen LogP contribution is -2.27. The first-order valence-electron chi connectivity index (χ1n) is 11.2. The molecule has 0 bridgehead atoms. The second-order valence-corrected chi connectivity index (χ2v) is 11.4. The van der Waals surface area contributed by atoms with E-state index in [2.05, 4.69) is 0 Å². The molecule has 1 aliphatic rings. The largest absolute Gasteiger partial charge is 0.497 e. The topological polar surface area (TPSA) is 63.9 Å². The van der Waals surface area contributed by atoms with Crippen LogP contribution >= 0.6 is 47.3 Å². The van der Waals surface area contributed by atoms with Gasteiger partial charge in [-0.15, -0.1) is 0 Å². The van der Waals surface area contributed by atoms with Crippen LogP contribution in [0.5, 0.6) is 5.75 Å². The Hall–Kier alpha value is -3.11. The maximum absolute atomic E-state index is 13.6. The summed E-state index contributed by atoms with van der Waals surface area (Å²) in [5.74, 6) is 0.487. The summed E-state index contributed by atoms with van der Waals surface area (Å²) in [5.41, 5.74) is 2.42. The molecule has 186 valence electrons. The van der Waals surface area contributed by atoms with Gasteiger partial charge in [0.15, 0.2) is 0 Å². The van der Waals surface area contributed by atoms with Crippen LogP contribution in [0.15, 0.2) is 86.5 Å². The molecule has 0 saturated carbocycles. The number of hydrogen-bond donors (Lipinski definition) is 0. The third-order valence-corrected chi connectivity index (χ3v) is 8.37. The van der Waals surface area contributed by atoms with Gasteiger partial charge in [-0.05, 0) is 66.6 Å². The number of thioether (sulfide) groups is 1. The van der Waals surface area contributed by atoms with Crippen LogP contribution in [0.1, 0.15) is 16.7 Å². The first-order chi connectivity index (χ1) is 17.8. The molecule has 3 heterocycles. The zero-order valence-electron chi connectivity index (χ0n) is 19.8. The van der Waals surface area contributed by atoms with E-state index in [0.717, 1.165) is 21.8 Å². The lowest BCUT2D eigenvalue weighted by atomic mass is 10.2.